The van der Waals surface area contributed by atoms with Gasteiger partial charge in [-0.1, -0.05) is 11.6 Å². The number of aryl methyl sites for hydroxylation is 1. The van der Waals surface area contributed by atoms with Crippen molar-refractivity contribution >= 4 is 34.0 Å². The number of hydrogen-bond acceptors (Lipinski definition) is 3. The largest absolute Gasteiger partial charge is 0.314 e. The van der Waals surface area contributed by atoms with Crippen LogP contribution in [-0.4, -0.2) is 27.5 Å². The Hall–Kier alpha value is -0.330. The number of hydrogen-bond donors (Lipinski definition) is 2. The van der Waals surface area contributed by atoms with Crippen molar-refractivity contribution in [3.05, 3.63) is 28.8 Å². The van der Waals surface area contributed by atoms with Crippen LogP contribution in [0.3, 0.4) is 0 Å². The monoisotopic (exact) mass is 338 g/mol. The lowest BCUT2D eigenvalue weighted by Crippen LogP contribution is -2.31. The summed E-state index contributed by atoms with van der Waals surface area (Å²) >= 11 is 5.83. The Kier molecular flexibility index (Phi) is 6.75. The van der Waals surface area contributed by atoms with E-state index in [4.69, 9.17) is 11.6 Å². The molecule has 0 unspecified atom stereocenters. The first-order valence-corrected chi connectivity index (χ1v) is 8.34. The molecule has 0 saturated carbocycles. The second-order valence-electron chi connectivity index (χ2n) is 4.89. The Balaban J connectivity index is 0.00000200. The number of halogens is 2. The molecule has 20 heavy (non-hydrogen) atoms. The van der Waals surface area contributed by atoms with E-state index in [9.17, 15) is 8.42 Å². The SMILES string of the molecule is Cc1cc(Cl)ccc1S(=O)(=O)NCC[C@H]1CCCN1.Cl. The molecule has 2 rings (SSSR count). The molecule has 1 aromatic rings. The summed E-state index contributed by atoms with van der Waals surface area (Å²) in [6.07, 6.45) is 3.13. The molecule has 1 saturated heterocycles. The van der Waals surface area contributed by atoms with Crippen LogP contribution in [0.5, 0.6) is 0 Å². The maximum absolute atomic E-state index is 12.2. The van der Waals surface area contributed by atoms with Gasteiger partial charge in [-0.25, -0.2) is 13.1 Å². The van der Waals surface area contributed by atoms with Crippen LogP contribution in [0.15, 0.2) is 23.1 Å². The molecule has 0 aliphatic carbocycles. The molecule has 1 fully saturated rings. The first-order valence-electron chi connectivity index (χ1n) is 6.48. The minimum Gasteiger partial charge on any atom is -0.314 e. The zero-order valence-corrected chi connectivity index (χ0v) is 13.7. The van der Waals surface area contributed by atoms with Gasteiger partial charge in [-0.15, -0.1) is 12.4 Å². The molecule has 1 heterocycles. The van der Waals surface area contributed by atoms with Crippen LogP contribution in [0.4, 0.5) is 0 Å². The predicted molar refractivity (Wildman–Crippen MR) is 84.3 cm³/mol. The fourth-order valence-corrected chi connectivity index (χ4v) is 3.86. The average Bonchev–Trinajstić information content (AvgIpc) is 2.81. The lowest BCUT2D eigenvalue weighted by Gasteiger charge is -2.12. The highest BCUT2D eigenvalue weighted by atomic mass is 35.5. The Morgan fingerprint density at radius 2 is 2.20 bits per heavy atom. The number of rotatable bonds is 5. The highest BCUT2D eigenvalue weighted by Gasteiger charge is 2.18. The van der Waals surface area contributed by atoms with Crippen molar-refractivity contribution < 1.29 is 8.42 Å². The maximum atomic E-state index is 12.2. The summed E-state index contributed by atoms with van der Waals surface area (Å²) < 4.78 is 27.0. The van der Waals surface area contributed by atoms with Crippen LogP contribution in [0.2, 0.25) is 5.02 Å². The quantitative estimate of drug-likeness (QED) is 0.867. The highest BCUT2D eigenvalue weighted by molar-refractivity contribution is 7.89. The van der Waals surface area contributed by atoms with Crippen molar-refractivity contribution in [3.8, 4) is 0 Å². The normalized spacial score (nSPS) is 18.8. The van der Waals surface area contributed by atoms with Crippen LogP contribution < -0.4 is 10.0 Å². The Morgan fingerprint density at radius 1 is 1.45 bits per heavy atom. The molecular weight excluding hydrogens is 319 g/mol. The third-order valence-electron chi connectivity index (χ3n) is 3.37. The van der Waals surface area contributed by atoms with Crippen molar-refractivity contribution in [2.24, 2.45) is 0 Å². The first-order chi connectivity index (χ1) is 8.99. The number of benzene rings is 1. The van der Waals surface area contributed by atoms with Gasteiger partial charge in [0.15, 0.2) is 0 Å². The molecule has 0 bridgehead atoms. The van der Waals surface area contributed by atoms with Crippen LogP contribution in [-0.2, 0) is 10.0 Å². The molecule has 4 nitrogen and oxygen atoms in total. The van der Waals surface area contributed by atoms with E-state index in [0.717, 1.165) is 19.4 Å². The molecule has 1 atom stereocenters. The molecule has 7 heteroatoms. The highest BCUT2D eigenvalue weighted by Crippen LogP contribution is 2.19. The van der Waals surface area contributed by atoms with Crippen molar-refractivity contribution in [1.29, 1.82) is 0 Å². The number of nitrogens with one attached hydrogen (secondary N) is 2. The summed E-state index contributed by atoms with van der Waals surface area (Å²) in [5, 5.41) is 3.90. The Morgan fingerprint density at radius 3 is 2.80 bits per heavy atom. The Labute approximate surface area is 131 Å². The Bertz CT molecular complexity index is 543. The number of sulfonamides is 1. The van der Waals surface area contributed by atoms with Gasteiger partial charge in [0.2, 0.25) is 10.0 Å². The van der Waals surface area contributed by atoms with Crippen LogP contribution in [0.25, 0.3) is 0 Å². The molecule has 1 aromatic carbocycles. The van der Waals surface area contributed by atoms with E-state index in [0.29, 0.717) is 28.1 Å². The van der Waals surface area contributed by atoms with Gasteiger partial charge >= 0.3 is 0 Å². The summed E-state index contributed by atoms with van der Waals surface area (Å²) in [6.45, 7) is 3.24. The topological polar surface area (TPSA) is 58.2 Å². The predicted octanol–water partition coefficient (Wildman–Crippen LogP) is 2.49. The van der Waals surface area contributed by atoms with Crippen LogP contribution >= 0.6 is 24.0 Å². The van der Waals surface area contributed by atoms with Gasteiger partial charge in [0.25, 0.3) is 0 Å². The molecule has 1 aliphatic heterocycles. The van der Waals surface area contributed by atoms with E-state index in [1.807, 2.05) is 0 Å². The lowest BCUT2D eigenvalue weighted by atomic mass is 10.2. The van der Waals surface area contributed by atoms with Gasteiger partial charge < -0.3 is 5.32 Å². The van der Waals surface area contributed by atoms with Crippen molar-refractivity contribution in [2.75, 3.05) is 13.1 Å². The van der Waals surface area contributed by atoms with E-state index in [-0.39, 0.29) is 12.4 Å². The summed E-state index contributed by atoms with van der Waals surface area (Å²) in [5.74, 6) is 0. The molecule has 1 aliphatic rings. The van der Waals surface area contributed by atoms with Crippen molar-refractivity contribution in [3.63, 3.8) is 0 Å². The molecular formula is C13H20Cl2N2O2S. The molecule has 2 N–H and O–H groups in total. The summed E-state index contributed by atoms with van der Waals surface area (Å²) in [7, 11) is -3.44. The van der Waals surface area contributed by atoms with E-state index < -0.39 is 10.0 Å². The first kappa shape index (κ1) is 17.7. The fraction of sp³-hybridized carbons (Fsp3) is 0.538. The average molecular weight is 339 g/mol. The van der Waals surface area contributed by atoms with Gasteiger partial charge in [0.1, 0.15) is 0 Å². The minimum atomic E-state index is -3.44. The standard InChI is InChI=1S/C13H19ClN2O2S.ClH/c1-10-9-11(14)4-5-13(10)19(17,18)16-8-6-12-3-2-7-15-12;/h4-5,9,12,15-16H,2-3,6-8H2,1H3;1H/t12-;/m1./s1. The summed E-state index contributed by atoms with van der Waals surface area (Å²) in [4.78, 5) is 0.302. The van der Waals surface area contributed by atoms with Crippen molar-refractivity contribution in [2.45, 2.75) is 37.1 Å². The van der Waals surface area contributed by atoms with Crippen LogP contribution in [0, 0.1) is 6.92 Å². The third-order valence-corrected chi connectivity index (χ3v) is 5.23. The van der Waals surface area contributed by atoms with Crippen LogP contribution in [0.1, 0.15) is 24.8 Å². The van der Waals surface area contributed by atoms with Gasteiger partial charge in [0, 0.05) is 17.6 Å². The summed E-state index contributed by atoms with van der Waals surface area (Å²) in [5.41, 5.74) is 0.666. The fourth-order valence-electron chi connectivity index (χ4n) is 2.36. The second-order valence-corrected chi connectivity index (χ2v) is 7.06. The van der Waals surface area contributed by atoms with Gasteiger partial charge in [-0.3, -0.25) is 0 Å². The molecule has 0 spiro atoms. The van der Waals surface area contributed by atoms with E-state index in [2.05, 4.69) is 10.0 Å². The van der Waals surface area contributed by atoms with E-state index >= 15 is 0 Å². The zero-order valence-electron chi connectivity index (χ0n) is 11.4. The van der Waals surface area contributed by atoms with E-state index in [1.165, 1.54) is 6.42 Å². The third kappa shape index (κ3) is 4.60. The molecule has 0 aromatic heterocycles. The van der Waals surface area contributed by atoms with Gasteiger partial charge in [-0.2, -0.15) is 0 Å². The lowest BCUT2D eigenvalue weighted by molar-refractivity contribution is 0.539. The smallest absolute Gasteiger partial charge is 0.240 e. The molecule has 0 amide bonds. The maximum Gasteiger partial charge on any atom is 0.240 e. The van der Waals surface area contributed by atoms with Crippen molar-refractivity contribution in [1.82, 2.24) is 10.0 Å². The van der Waals surface area contributed by atoms with Gasteiger partial charge in [0.05, 0.1) is 4.90 Å². The molecule has 0 radical (unpaired) electrons. The zero-order chi connectivity index (χ0) is 13.9. The summed E-state index contributed by atoms with van der Waals surface area (Å²) in [6, 6.07) is 5.25. The molecule has 114 valence electrons. The minimum absolute atomic E-state index is 0. The second kappa shape index (κ2) is 7.61. The van der Waals surface area contributed by atoms with E-state index in [1.54, 1.807) is 25.1 Å². The van der Waals surface area contributed by atoms with Gasteiger partial charge in [-0.05, 0) is 56.5 Å².